The lowest BCUT2D eigenvalue weighted by atomic mass is 9.91. The third-order valence-electron chi connectivity index (χ3n) is 8.11. The van der Waals surface area contributed by atoms with Crippen LogP contribution in [-0.4, -0.2) is 89.9 Å². The molecule has 0 saturated carbocycles. The highest BCUT2D eigenvalue weighted by Gasteiger charge is 2.55. The van der Waals surface area contributed by atoms with Gasteiger partial charge in [0.2, 0.25) is 17.6 Å². The molecule has 2 aliphatic rings. The van der Waals surface area contributed by atoms with E-state index in [1.807, 2.05) is 60.7 Å². The quantitative estimate of drug-likeness (QED) is 0.0971. The molecule has 3 aromatic rings. The number of carbonyl (C=O) groups is 3. The first-order chi connectivity index (χ1) is 23.8. The number of esters is 1. The zero-order chi connectivity index (χ0) is 34.8. The van der Waals surface area contributed by atoms with Crippen LogP contribution in [0.1, 0.15) is 40.4 Å². The van der Waals surface area contributed by atoms with Crippen molar-refractivity contribution >= 4 is 23.9 Å². The average Bonchev–Trinajstić information content (AvgIpc) is 3.53. The van der Waals surface area contributed by atoms with Gasteiger partial charge in [-0.25, -0.2) is 4.79 Å². The molecular weight excluding hydrogens is 632 g/mol. The van der Waals surface area contributed by atoms with Crippen LogP contribution in [0.3, 0.4) is 0 Å². The van der Waals surface area contributed by atoms with E-state index in [1.165, 1.54) is 13.2 Å². The number of carbonyl (C=O) groups excluding carboxylic acids is 3. The summed E-state index contributed by atoms with van der Waals surface area (Å²) in [5.41, 5.74) is 2.58. The van der Waals surface area contributed by atoms with E-state index in [2.05, 4.69) is 10.6 Å². The summed E-state index contributed by atoms with van der Waals surface area (Å²) in [7, 11) is 0. The first-order valence-corrected chi connectivity index (χ1v) is 16.0. The molecule has 1 aliphatic heterocycles. The molecule has 1 heterocycles. The number of aliphatic hydroxyl groups is 3. The zero-order valence-electron chi connectivity index (χ0n) is 26.9. The molecule has 0 aromatic heterocycles. The first-order valence-electron chi connectivity index (χ1n) is 16.0. The highest BCUT2D eigenvalue weighted by molar-refractivity contribution is 5.97. The highest BCUT2D eigenvalue weighted by Crippen LogP contribution is 2.47. The monoisotopic (exact) mass is 672 g/mol. The number of hydrogen-bond acceptors (Lipinski definition) is 10. The number of rotatable bonds is 14. The Bertz CT molecular complexity index is 1590. The van der Waals surface area contributed by atoms with Crippen molar-refractivity contribution in [1.29, 1.82) is 0 Å². The summed E-state index contributed by atoms with van der Waals surface area (Å²) in [6.45, 7) is 1.06. The fraction of sp³-hybridized carbons (Fsp3) is 0.324. The third-order valence-corrected chi connectivity index (χ3v) is 8.11. The molecule has 258 valence electrons. The van der Waals surface area contributed by atoms with Gasteiger partial charge in [-0.05, 0) is 36.8 Å². The second-order valence-electron chi connectivity index (χ2n) is 11.6. The van der Waals surface area contributed by atoms with Crippen molar-refractivity contribution in [3.8, 4) is 0 Å². The minimum Gasteiger partial charge on any atom is -0.499 e. The van der Waals surface area contributed by atoms with Gasteiger partial charge in [0, 0.05) is 29.7 Å². The van der Waals surface area contributed by atoms with Crippen molar-refractivity contribution in [2.24, 2.45) is 0 Å². The molecule has 1 fully saturated rings. The molecule has 5 atom stereocenters. The van der Waals surface area contributed by atoms with Crippen LogP contribution < -0.4 is 10.6 Å². The van der Waals surface area contributed by atoms with Crippen molar-refractivity contribution < 1.29 is 48.7 Å². The molecule has 12 heteroatoms. The molecule has 12 nitrogen and oxygen atoms in total. The minimum atomic E-state index is -1.40. The highest BCUT2D eigenvalue weighted by atomic mass is 16.8. The van der Waals surface area contributed by atoms with Crippen molar-refractivity contribution in [2.45, 2.75) is 49.6 Å². The summed E-state index contributed by atoms with van der Waals surface area (Å²) in [6.07, 6.45) is 0.747. The predicted octanol–water partition coefficient (Wildman–Crippen LogP) is 2.18. The SMILES string of the molecule is CC(O)C(NC(=O)C1=CC2OC(c3ccccc3)(c3ccccc3)OC2C(OC(=O)c2ccc(C=COCCO)cc2)C1)C(=O)NCCO. The smallest absolute Gasteiger partial charge is 0.338 e. The van der Waals surface area contributed by atoms with E-state index in [0.29, 0.717) is 11.1 Å². The van der Waals surface area contributed by atoms with Crippen LogP contribution >= 0.6 is 0 Å². The van der Waals surface area contributed by atoms with Gasteiger partial charge in [0.05, 0.1) is 31.1 Å². The largest absolute Gasteiger partial charge is 0.499 e. The molecule has 0 radical (unpaired) electrons. The number of hydrogen-bond donors (Lipinski definition) is 5. The van der Waals surface area contributed by atoms with Crippen molar-refractivity contribution in [1.82, 2.24) is 10.6 Å². The number of amides is 2. The van der Waals surface area contributed by atoms with Gasteiger partial charge in [0.25, 0.3) is 0 Å². The van der Waals surface area contributed by atoms with Gasteiger partial charge in [0.15, 0.2) is 0 Å². The van der Waals surface area contributed by atoms with E-state index in [-0.39, 0.29) is 43.9 Å². The van der Waals surface area contributed by atoms with Crippen LogP contribution in [0.15, 0.2) is 103 Å². The van der Waals surface area contributed by atoms with Crippen molar-refractivity contribution in [3.63, 3.8) is 0 Å². The van der Waals surface area contributed by atoms with Crippen LogP contribution in [-0.2, 0) is 34.3 Å². The van der Waals surface area contributed by atoms with Gasteiger partial charge in [-0.2, -0.15) is 0 Å². The van der Waals surface area contributed by atoms with E-state index in [9.17, 15) is 19.5 Å². The number of aliphatic hydroxyl groups excluding tert-OH is 3. The van der Waals surface area contributed by atoms with E-state index >= 15 is 0 Å². The molecule has 5 N–H and O–H groups in total. The lowest BCUT2D eigenvalue weighted by Gasteiger charge is -2.31. The maximum atomic E-state index is 13.7. The Kier molecular flexibility index (Phi) is 11.9. The summed E-state index contributed by atoms with van der Waals surface area (Å²) in [6, 6.07) is 23.9. The molecule has 3 aromatic carbocycles. The molecule has 2 amide bonds. The van der Waals surface area contributed by atoms with Crippen molar-refractivity contribution in [2.75, 3.05) is 26.4 Å². The zero-order valence-corrected chi connectivity index (χ0v) is 26.9. The Labute approximate surface area is 284 Å². The fourth-order valence-electron chi connectivity index (χ4n) is 5.70. The molecule has 5 unspecified atom stereocenters. The van der Waals surface area contributed by atoms with Gasteiger partial charge in [-0.3, -0.25) is 9.59 Å². The normalized spacial score (nSPS) is 20.8. The average molecular weight is 673 g/mol. The third kappa shape index (κ3) is 8.42. The van der Waals surface area contributed by atoms with Crippen LogP contribution in [0.25, 0.3) is 6.08 Å². The molecule has 0 spiro atoms. The second-order valence-corrected chi connectivity index (χ2v) is 11.6. The number of ether oxygens (including phenoxy) is 4. The summed E-state index contributed by atoms with van der Waals surface area (Å²) in [4.78, 5) is 39.9. The fourth-order valence-corrected chi connectivity index (χ4v) is 5.70. The van der Waals surface area contributed by atoms with Crippen LogP contribution in [0.4, 0.5) is 0 Å². The summed E-state index contributed by atoms with van der Waals surface area (Å²) >= 11 is 0. The van der Waals surface area contributed by atoms with Crippen LogP contribution in [0.2, 0.25) is 0 Å². The Balaban J connectivity index is 1.45. The second kappa shape index (κ2) is 16.5. The first kappa shape index (κ1) is 35.5. The van der Waals surface area contributed by atoms with Crippen LogP contribution in [0, 0.1) is 0 Å². The number of fused-ring (bicyclic) bond motifs is 1. The minimum absolute atomic E-state index is 0.0522. The molecule has 1 aliphatic carbocycles. The van der Waals surface area contributed by atoms with Gasteiger partial charge >= 0.3 is 5.97 Å². The van der Waals surface area contributed by atoms with Crippen LogP contribution in [0.5, 0.6) is 0 Å². The molecule has 49 heavy (non-hydrogen) atoms. The van der Waals surface area contributed by atoms with E-state index in [1.54, 1.807) is 36.4 Å². The Morgan fingerprint density at radius 3 is 2.18 bits per heavy atom. The van der Waals surface area contributed by atoms with Gasteiger partial charge in [0.1, 0.15) is 31.0 Å². The molecular formula is C37H40N2O10. The predicted molar refractivity (Wildman–Crippen MR) is 178 cm³/mol. The van der Waals surface area contributed by atoms with E-state index in [4.69, 9.17) is 29.2 Å². The Morgan fingerprint density at radius 2 is 1.59 bits per heavy atom. The number of nitrogens with one attached hydrogen (secondary N) is 2. The van der Waals surface area contributed by atoms with Gasteiger partial charge < -0.3 is 44.9 Å². The Morgan fingerprint density at radius 1 is 0.939 bits per heavy atom. The molecule has 1 saturated heterocycles. The summed E-state index contributed by atoms with van der Waals surface area (Å²) < 4.78 is 24.6. The topological polar surface area (TPSA) is 173 Å². The maximum Gasteiger partial charge on any atom is 0.338 e. The standard InChI is InChI=1S/C37H40N2O10/c1-24(42)32(35(44)38-17-18-40)39-34(43)27-22-30(47-36(45)26-14-12-25(13-15-26)16-20-46-21-19-41)33-31(23-27)48-37(49-33,28-8-4-2-5-9-28)29-10-6-3-7-11-29/h2-16,20,23-24,30-33,40-42H,17-19,21-22H2,1H3,(H,38,44)(H,39,43). The van der Waals surface area contributed by atoms with E-state index in [0.717, 1.165) is 5.56 Å². The molecule has 0 bridgehead atoms. The Hall–Kier alpha value is -4.85. The summed E-state index contributed by atoms with van der Waals surface area (Å²) in [5, 5.41) is 33.3. The lowest BCUT2D eigenvalue weighted by Crippen LogP contribution is -2.54. The maximum absolute atomic E-state index is 13.7. The number of benzene rings is 3. The summed E-state index contributed by atoms with van der Waals surface area (Å²) in [5.74, 6) is -3.38. The van der Waals surface area contributed by atoms with Gasteiger partial charge in [-0.15, -0.1) is 0 Å². The van der Waals surface area contributed by atoms with Gasteiger partial charge in [-0.1, -0.05) is 72.8 Å². The van der Waals surface area contributed by atoms with Crippen molar-refractivity contribution in [3.05, 3.63) is 125 Å². The van der Waals surface area contributed by atoms with E-state index < -0.39 is 54.0 Å². The lowest BCUT2D eigenvalue weighted by molar-refractivity contribution is -0.157. The molecule has 5 rings (SSSR count).